The van der Waals surface area contributed by atoms with E-state index in [1.54, 1.807) is 12.1 Å². The summed E-state index contributed by atoms with van der Waals surface area (Å²) in [6.07, 6.45) is 3.35. The number of aliphatic hydroxyl groups excluding tert-OH is 1. The number of aromatic hydroxyl groups is 1. The molecule has 4 heteroatoms. The molecule has 1 aromatic carbocycles. The van der Waals surface area contributed by atoms with E-state index in [1.807, 2.05) is 12.1 Å². The normalized spacial score (nSPS) is 19.6. The fourth-order valence-corrected chi connectivity index (χ4v) is 1.75. The summed E-state index contributed by atoms with van der Waals surface area (Å²) in [6.45, 7) is 0. The number of carbonyl (C=O) groups excluding carboxylic acids is 1. The van der Waals surface area contributed by atoms with E-state index in [2.05, 4.69) is 0 Å². The second-order valence-corrected chi connectivity index (χ2v) is 4.06. The number of carbonyl (C=O) groups is 1. The van der Waals surface area contributed by atoms with Crippen molar-refractivity contribution in [3.63, 3.8) is 0 Å². The summed E-state index contributed by atoms with van der Waals surface area (Å²) in [7, 11) is 0. The van der Waals surface area contributed by atoms with Gasteiger partial charge in [-0.25, -0.2) is 4.79 Å². The molecule has 1 atom stereocenters. The third kappa shape index (κ3) is 3.00. The molecule has 1 heterocycles. The monoisotopic (exact) mass is 234 g/mol. The molecule has 0 aliphatic carbocycles. The van der Waals surface area contributed by atoms with Gasteiger partial charge in [0.1, 0.15) is 11.9 Å². The molecule has 1 aliphatic heterocycles. The first-order valence-corrected chi connectivity index (χ1v) is 5.53. The summed E-state index contributed by atoms with van der Waals surface area (Å²) < 4.78 is 5.04. The molecule has 0 radical (unpaired) electrons. The zero-order chi connectivity index (χ0) is 12.3. The molecule has 4 nitrogen and oxygen atoms in total. The molecule has 1 aliphatic rings. The number of hydrogen-bond donors (Lipinski definition) is 2. The summed E-state index contributed by atoms with van der Waals surface area (Å²) in [5.74, 6) is -0.705. The SMILES string of the molecule is O=C1OC(CCc2ccc(O)cc2)CC=C1O. The zero-order valence-electron chi connectivity index (χ0n) is 9.30. The lowest BCUT2D eigenvalue weighted by Crippen LogP contribution is -2.24. The summed E-state index contributed by atoms with van der Waals surface area (Å²) in [5, 5.41) is 18.2. The Morgan fingerprint density at radius 3 is 2.59 bits per heavy atom. The van der Waals surface area contributed by atoms with Gasteiger partial charge in [0.15, 0.2) is 5.76 Å². The summed E-state index contributed by atoms with van der Waals surface area (Å²) in [6, 6.07) is 6.95. The van der Waals surface area contributed by atoms with Crippen LogP contribution in [-0.4, -0.2) is 22.3 Å². The van der Waals surface area contributed by atoms with Crippen LogP contribution in [0.1, 0.15) is 18.4 Å². The van der Waals surface area contributed by atoms with Crippen LogP contribution >= 0.6 is 0 Å². The van der Waals surface area contributed by atoms with Crippen LogP contribution in [0.3, 0.4) is 0 Å². The Balaban J connectivity index is 1.87. The van der Waals surface area contributed by atoms with Crippen LogP contribution in [-0.2, 0) is 16.0 Å². The molecule has 0 spiro atoms. The Hall–Kier alpha value is -1.97. The van der Waals surface area contributed by atoms with Crippen LogP contribution in [0, 0.1) is 0 Å². The fraction of sp³-hybridized carbons (Fsp3) is 0.308. The highest BCUT2D eigenvalue weighted by atomic mass is 16.6. The second kappa shape index (κ2) is 4.91. The number of phenolic OH excluding ortho intramolecular Hbond substituents is 1. The maximum absolute atomic E-state index is 11.1. The largest absolute Gasteiger partial charge is 0.508 e. The first-order valence-electron chi connectivity index (χ1n) is 5.53. The number of phenols is 1. The van der Waals surface area contributed by atoms with E-state index in [0.29, 0.717) is 12.8 Å². The van der Waals surface area contributed by atoms with Gasteiger partial charge in [-0.3, -0.25) is 0 Å². The second-order valence-electron chi connectivity index (χ2n) is 4.06. The maximum Gasteiger partial charge on any atom is 0.373 e. The van der Waals surface area contributed by atoms with E-state index in [0.717, 1.165) is 12.0 Å². The Morgan fingerprint density at radius 2 is 1.94 bits per heavy atom. The molecule has 1 aromatic rings. The van der Waals surface area contributed by atoms with Crippen LogP contribution in [0.2, 0.25) is 0 Å². The summed E-state index contributed by atoms with van der Waals surface area (Å²) in [5.41, 5.74) is 1.08. The predicted molar refractivity (Wildman–Crippen MR) is 61.6 cm³/mol. The number of rotatable bonds is 3. The van der Waals surface area contributed by atoms with Crippen molar-refractivity contribution in [1.82, 2.24) is 0 Å². The number of aryl methyl sites for hydroxylation is 1. The average molecular weight is 234 g/mol. The van der Waals surface area contributed by atoms with Gasteiger partial charge in [-0.1, -0.05) is 12.1 Å². The number of esters is 1. The molecule has 90 valence electrons. The lowest BCUT2D eigenvalue weighted by molar-refractivity contribution is -0.149. The summed E-state index contributed by atoms with van der Waals surface area (Å²) in [4.78, 5) is 11.1. The highest BCUT2D eigenvalue weighted by Crippen LogP contribution is 2.18. The van der Waals surface area contributed by atoms with E-state index in [-0.39, 0.29) is 17.6 Å². The minimum Gasteiger partial charge on any atom is -0.508 e. The number of aliphatic hydroxyl groups is 1. The Kier molecular flexibility index (Phi) is 3.32. The first-order chi connectivity index (χ1) is 8.15. The molecule has 2 rings (SSSR count). The molecule has 0 aromatic heterocycles. The van der Waals surface area contributed by atoms with Gasteiger partial charge in [0.05, 0.1) is 0 Å². The van der Waals surface area contributed by atoms with Crippen LogP contribution in [0.5, 0.6) is 5.75 Å². The molecule has 0 bridgehead atoms. The number of hydrogen-bond acceptors (Lipinski definition) is 4. The van der Waals surface area contributed by atoms with Gasteiger partial charge >= 0.3 is 5.97 Å². The highest BCUT2D eigenvalue weighted by molar-refractivity contribution is 5.86. The van der Waals surface area contributed by atoms with Crippen molar-refractivity contribution in [2.24, 2.45) is 0 Å². The van der Waals surface area contributed by atoms with E-state index in [9.17, 15) is 4.79 Å². The van der Waals surface area contributed by atoms with Crippen molar-refractivity contribution in [3.8, 4) is 5.75 Å². The van der Waals surface area contributed by atoms with Gasteiger partial charge in [0, 0.05) is 6.42 Å². The molecule has 0 fully saturated rings. The van der Waals surface area contributed by atoms with Crippen molar-refractivity contribution >= 4 is 5.97 Å². The van der Waals surface area contributed by atoms with E-state index >= 15 is 0 Å². The lowest BCUT2D eigenvalue weighted by atomic mass is 10.0. The predicted octanol–water partition coefficient (Wildman–Crippen LogP) is 2.08. The molecule has 1 unspecified atom stereocenters. The third-order valence-electron chi connectivity index (χ3n) is 2.75. The van der Waals surface area contributed by atoms with Gasteiger partial charge in [-0.2, -0.15) is 0 Å². The number of ether oxygens (including phenoxy) is 1. The van der Waals surface area contributed by atoms with Crippen LogP contribution in [0.15, 0.2) is 36.1 Å². The van der Waals surface area contributed by atoms with Crippen molar-refractivity contribution in [3.05, 3.63) is 41.7 Å². The molecule has 2 N–H and O–H groups in total. The van der Waals surface area contributed by atoms with Gasteiger partial charge in [0.25, 0.3) is 0 Å². The van der Waals surface area contributed by atoms with Gasteiger partial charge in [0.2, 0.25) is 0 Å². The van der Waals surface area contributed by atoms with E-state index in [1.165, 1.54) is 6.08 Å². The van der Waals surface area contributed by atoms with Gasteiger partial charge in [-0.05, 0) is 36.6 Å². The van der Waals surface area contributed by atoms with Crippen molar-refractivity contribution in [1.29, 1.82) is 0 Å². The smallest absolute Gasteiger partial charge is 0.373 e. The zero-order valence-corrected chi connectivity index (χ0v) is 9.30. The van der Waals surface area contributed by atoms with Gasteiger partial charge < -0.3 is 14.9 Å². The first kappa shape index (κ1) is 11.5. The Labute approximate surface area is 99.2 Å². The molecule has 0 saturated carbocycles. The highest BCUT2D eigenvalue weighted by Gasteiger charge is 2.21. The Bertz CT molecular complexity index is 433. The minimum atomic E-state index is -0.646. The van der Waals surface area contributed by atoms with E-state index in [4.69, 9.17) is 14.9 Å². The number of cyclic esters (lactones) is 1. The third-order valence-corrected chi connectivity index (χ3v) is 2.75. The molecular weight excluding hydrogens is 220 g/mol. The van der Waals surface area contributed by atoms with Crippen LogP contribution in [0.25, 0.3) is 0 Å². The fourth-order valence-electron chi connectivity index (χ4n) is 1.75. The lowest BCUT2D eigenvalue weighted by Gasteiger charge is -2.19. The maximum atomic E-state index is 11.1. The quantitative estimate of drug-likeness (QED) is 0.786. The molecule has 0 saturated heterocycles. The van der Waals surface area contributed by atoms with Crippen LogP contribution < -0.4 is 0 Å². The van der Waals surface area contributed by atoms with Crippen molar-refractivity contribution in [2.75, 3.05) is 0 Å². The van der Waals surface area contributed by atoms with Crippen molar-refractivity contribution < 1.29 is 19.7 Å². The minimum absolute atomic E-state index is 0.174. The summed E-state index contributed by atoms with van der Waals surface area (Å²) >= 11 is 0. The Morgan fingerprint density at radius 1 is 1.24 bits per heavy atom. The molecule has 0 amide bonds. The number of benzene rings is 1. The molecular formula is C13H14O4. The molecule has 17 heavy (non-hydrogen) atoms. The van der Waals surface area contributed by atoms with Gasteiger partial charge in [-0.15, -0.1) is 0 Å². The van der Waals surface area contributed by atoms with Crippen molar-refractivity contribution in [2.45, 2.75) is 25.4 Å². The topological polar surface area (TPSA) is 66.8 Å². The van der Waals surface area contributed by atoms with E-state index < -0.39 is 5.97 Å². The van der Waals surface area contributed by atoms with Crippen LogP contribution in [0.4, 0.5) is 0 Å². The average Bonchev–Trinajstić information content (AvgIpc) is 2.33. The standard InChI is InChI=1S/C13H14O4/c14-10-4-1-9(2-5-10)3-6-11-7-8-12(15)13(16)17-11/h1-2,4-5,8,11,14-15H,3,6-7H2.